The summed E-state index contributed by atoms with van der Waals surface area (Å²) in [4.78, 5) is 0. The summed E-state index contributed by atoms with van der Waals surface area (Å²) in [5.41, 5.74) is 0.606. The molecule has 2 saturated carbocycles. The van der Waals surface area contributed by atoms with E-state index in [1.807, 2.05) is 0 Å². The van der Waals surface area contributed by atoms with Crippen LogP contribution in [0, 0.1) is 29.4 Å². The minimum atomic E-state index is -1.34. The Labute approximate surface area is 142 Å². The molecule has 2 heteroatoms. The maximum absolute atomic E-state index is 13.6. The zero-order chi connectivity index (χ0) is 18.0. The van der Waals surface area contributed by atoms with Crippen LogP contribution < -0.4 is 0 Å². The smallest absolute Gasteiger partial charge is 0.159 e. The third-order valence-electron chi connectivity index (χ3n) is 6.05. The normalized spacial score (nSPS) is 35.4. The summed E-state index contributed by atoms with van der Waals surface area (Å²) in [5, 5.41) is 0. The van der Waals surface area contributed by atoms with E-state index in [4.69, 9.17) is 2.74 Å². The molecule has 2 aliphatic rings. The fourth-order valence-corrected chi connectivity index (χ4v) is 4.65. The maximum Gasteiger partial charge on any atom is 0.159 e. The molecule has 0 nitrogen and oxygen atoms in total. The van der Waals surface area contributed by atoms with Gasteiger partial charge in [0.2, 0.25) is 0 Å². The predicted molar refractivity (Wildman–Crippen MR) is 91.4 cm³/mol. The Morgan fingerprint density at radius 2 is 1.65 bits per heavy atom. The lowest BCUT2D eigenvalue weighted by Crippen LogP contribution is -2.25. The molecule has 0 aliphatic heterocycles. The Morgan fingerprint density at radius 3 is 2.30 bits per heavy atom. The number of rotatable bonds is 4. The van der Waals surface area contributed by atoms with Crippen molar-refractivity contribution < 1.29 is 11.5 Å². The average molecular weight is 322 g/mol. The van der Waals surface area contributed by atoms with Crippen molar-refractivity contribution in [1.29, 1.82) is 0 Å². The monoisotopic (exact) mass is 322 g/mol. The Balaban J connectivity index is 1.63. The van der Waals surface area contributed by atoms with Crippen LogP contribution in [0.1, 0.15) is 85.3 Å². The van der Waals surface area contributed by atoms with E-state index in [-0.39, 0.29) is 5.92 Å². The van der Waals surface area contributed by atoms with Gasteiger partial charge in [-0.1, -0.05) is 38.7 Å². The molecule has 1 aromatic rings. The summed E-state index contributed by atoms with van der Waals surface area (Å²) >= 11 is 0. The third-order valence-corrected chi connectivity index (χ3v) is 6.05. The first-order valence-corrected chi connectivity index (χ1v) is 9.35. The summed E-state index contributed by atoms with van der Waals surface area (Å²) < 4.78 is 43.8. The van der Waals surface area contributed by atoms with Gasteiger partial charge in [-0.05, 0) is 79.8 Å². The van der Waals surface area contributed by atoms with Crippen molar-refractivity contribution in [2.45, 2.75) is 77.0 Å². The van der Waals surface area contributed by atoms with E-state index in [1.54, 1.807) is 6.07 Å². The van der Waals surface area contributed by atoms with Crippen LogP contribution in [0.15, 0.2) is 18.2 Å². The second-order valence-corrected chi connectivity index (χ2v) is 7.54. The van der Waals surface area contributed by atoms with Crippen molar-refractivity contribution in [3.8, 4) is 0 Å². The van der Waals surface area contributed by atoms with Gasteiger partial charge in [-0.2, -0.15) is 0 Å². The molecular formula is C21H30F2. The fraction of sp³-hybridized carbons (Fsp3) is 0.714. The van der Waals surface area contributed by atoms with Gasteiger partial charge in [0.1, 0.15) is 0 Å². The molecule has 0 radical (unpaired) electrons. The fourth-order valence-electron chi connectivity index (χ4n) is 4.65. The minimum Gasteiger partial charge on any atom is -0.204 e. The minimum absolute atomic E-state index is 0.324. The van der Waals surface area contributed by atoms with Crippen LogP contribution in [0.5, 0.6) is 0 Å². The van der Waals surface area contributed by atoms with E-state index in [2.05, 4.69) is 6.92 Å². The molecular weight excluding hydrogens is 290 g/mol. The highest BCUT2D eigenvalue weighted by atomic mass is 19.2. The summed E-state index contributed by atoms with van der Waals surface area (Å²) in [5.74, 6) is -0.0912. The molecule has 2 fully saturated rings. The maximum atomic E-state index is 13.6. The van der Waals surface area contributed by atoms with E-state index in [1.165, 1.54) is 44.6 Å². The standard InChI is InChI=1S/C21H30F2/c1-2-3-15-4-6-16(7-5-15)17-8-10-18(11-9-17)19-12-13-20(22)21(23)14-19/h12-18H,2-11H2,1H3/i10D2. The Hall–Kier alpha value is -0.920. The first-order valence-electron chi connectivity index (χ1n) is 10.4. The van der Waals surface area contributed by atoms with E-state index >= 15 is 0 Å². The Morgan fingerprint density at radius 1 is 0.957 bits per heavy atom. The van der Waals surface area contributed by atoms with Crippen molar-refractivity contribution in [3.05, 3.63) is 35.4 Å². The highest BCUT2D eigenvalue weighted by Crippen LogP contribution is 2.44. The molecule has 0 spiro atoms. The van der Waals surface area contributed by atoms with Gasteiger partial charge in [0.05, 0.1) is 0 Å². The van der Waals surface area contributed by atoms with Crippen LogP contribution in [0.2, 0.25) is 0 Å². The molecule has 2 atom stereocenters. The summed E-state index contributed by atoms with van der Waals surface area (Å²) in [6.07, 6.45) is 8.61. The van der Waals surface area contributed by atoms with Crippen molar-refractivity contribution in [2.75, 3.05) is 0 Å². The lowest BCUT2D eigenvalue weighted by Gasteiger charge is -2.38. The molecule has 3 rings (SSSR count). The lowest BCUT2D eigenvalue weighted by atomic mass is 9.68. The van der Waals surface area contributed by atoms with Crippen LogP contribution in [0.4, 0.5) is 8.78 Å². The molecule has 0 heterocycles. The molecule has 0 saturated heterocycles. The van der Waals surface area contributed by atoms with Crippen LogP contribution in [-0.2, 0) is 0 Å². The molecule has 2 aliphatic carbocycles. The zero-order valence-electron chi connectivity index (χ0n) is 16.2. The molecule has 0 N–H and O–H groups in total. The average Bonchev–Trinajstić information content (AvgIpc) is 2.58. The highest BCUT2D eigenvalue weighted by Gasteiger charge is 2.31. The molecule has 128 valence electrons. The highest BCUT2D eigenvalue weighted by molar-refractivity contribution is 5.22. The summed E-state index contributed by atoms with van der Waals surface area (Å²) in [6, 6.07) is 3.87. The molecule has 0 bridgehead atoms. The van der Waals surface area contributed by atoms with Crippen LogP contribution in [0.25, 0.3) is 0 Å². The van der Waals surface area contributed by atoms with Gasteiger partial charge in [-0.25, -0.2) is 8.78 Å². The van der Waals surface area contributed by atoms with Crippen LogP contribution >= 0.6 is 0 Å². The van der Waals surface area contributed by atoms with Gasteiger partial charge in [0, 0.05) is 2.74 Å². The molecule has 1 aromatic carbocycles. The van der Waals surface area contributed by atoms with E-state index in [0.29, 0.717) is 23.8 Å². The SMILES string of the molecule is [2H]C1([2H])CC(C2CCC(CCC)CC2)CCC1c1ccc(F)c(F)c1. The first-order chi connectivity index (χ1) is 11.9. The van der Waals surface area contributed by atoms with Gasteiger partial charge in [-0.15, -0.1) is 0 Å². The lowest BCUT2D eigenvalue weighted by molar-refractivity contribution is 0.156. The second-order valence-electron chi connectivity index (χ2n) is 7.54. The second kappa shape index (κ2) is 7.77. The number of hydrogen-bond donors (Lipinski definition) is 0. The van der Waals surface area contributed by atoms with Gasteiger partial charge in [0.15, 0.2) is 11.6 Å². The zero-order valence-corrected chi connectivity index (χ0v) is 14.2. The van der Waals surface area contributed by atoms with E-state index in [0.717, 1.165) is 24.8 Å². The number of benzene rings is 1. The summed E-state index contributed by atoms with van der Waals surface area (Å²) in [6.45, 7) is 2.25. The number of hydrogen-bond acceptors (Lipinski definition) is 0. The number of halogens is 2. The Bertz CT molecular complexity index is 579. The van der Waals surface area contributed by atoms with Gasteiger partial charge >= 0.3 is 0 Å². The van der Waals surface area contributed by atoms with E-state index < -0.39 is 18.0 Å². The molecule has 0 aromatic heterocycles. The van der Waals surface area contributed by atoms with Crippen LogP contribution in [-0.4, -0.2) is 0 Å². The first kappa shape index (κ1) is 14.4. The van der Waals surface area contributed by atoms with E-state index in [9.17, 15) is 8.78 Å². The van der Waals surface area contributed by atoms with Crippen molar-refractivity contribution in [3.63, 3.8) is 0 Å². The van der Waals surface area contributed by atoms with Gasteiger partial charge in [0.25, 0.3) is 0 Å². The van der Waals surface area contributed by atoms with Crippen molar-refractivity contribution in [2.24, 2.45) is 17.8 Å². The van der Waals surface area contributed by atoms with Gasteiger partial charge in [-0.3, -0.25) is 0 Å². The predicted octanol–water partition coefficient (Wildman–Crippen LogP) is 6.85. The third kappa shape index (κ3) is 4.14. The largest absolute Gasteiger partial charge is 0.204 e. The molecule has 23 heavy (non-hydrogen) atoms. The van der Waals surface area contributed by atoms with Crippen LogP contribution in [0.3, 0.4) is 0 Å². The molecule has 0 amide bonds. The summed E-state index contributed by atoms with van der Waals surface area (Å²) in [7, 11) is 0. The molecule has 2 unspecified atom stereocenters. The quantitative estimate of drug-likeness (QED) is 0.569. The van der Waals surface area contributed by atoms with Gasteiger partial charge < -0.3 is 0 Å². The topological polar surface area (TPSA) is 0 Å². The van der Waals surface area contributed by atoms with Crippen molar-refractivity contribution >= 4 is 0 Å². The van der Waals surface area contributed by atoms with Crippen molar-refractivity contribution in [1.82, 2.24) is 0 Å². The Kier molecular flexibility index (Phi) is 4.87.